The van der Waals surface area contributed by atoms with Crippen molar-refractivity contribution in [3.05, 3.63) is 34.3 Å². The van der Waals surface area contributed by atoms with Crippen LogP contribution in [0.2, 0.25) is 0 Å². The van der Waals surface area contributed by atoms with Gasteiger partial charge in [0.1, 0.15) is 5.01 Å². The van der Waals surface area contributed by atoms with Crippen LogP contribution in [0, 0.1) is 6.92 Å². The predicted octanol–water partition coefficient (Wildman–Crippen LogP) is 3.47. The van der Waals surface area contributed by atoms with Crippen LogP contribution in [0.5, 0.6) is 11.5 Å². The molecule has 0 fully saturated rings. The Hall–Kier alpha value is -1.75. The van der Waals surface area contributed by atoms with E-state index in [1.165, 1.54) is 0 Å². The molecule has 0 aliphatic rings. The Morgan fingerprint density at radius 3 is 2.79 bits per heavy atom. The third-order valence-corrected chi connectivity index (χ3v) is 3.54. The number of aromatic nitrogens is 1. The van der Waals surface area contributed by atoms with E-state index in [9.17, 15) is 0 Å². The van der Waals surface area contributed by atoms with Crippen molar-refractivity contribution in [2.24, 2.45) is 0 Å². The van der Waals surface area contributed by atoms with Gasteiger partial charge in [0, 0.05) is 22.8 Å². The molecule has 0 bridgehead atoms. The molecule has 1 heterocycles. The number of ether oxygens (including phenoxy) is 2. The number of hydrogen-bond acceptors (Lipinski definition) is 5. The first kappa shape index (κ1) is 13.7. The van der Waals surface area contributed by atoms with E-state index in [4.69, 9.17) is 9.47 Å². The fraction of sp³-hybridized carbons (Fsp3) is 0.357. The number of anilines is 1. The van der Waals surface area contributed by atoms with Gasteiger partial charge in [-0.05, 0) is 26.0 Å². The maximum absolute atomic E-state index is 5.49. The molecular weight excluding hydrogens is 260 g/mol. The van der Waals surface area contributed by atoms with Crippen molar-refractivity contribution in [3.63, 3.8) is 0 Å². The van der Waals surface area contributed by atoms with E-state index in [1.807, 2.05) is 32.0 Å². The van der Waals surface area contributed by atoms with Crippen molar-refractivity contribution < 1.29 is 9.47 Å². The molecule has 19 heavy (non-hydrogen) atoms. The molecule has 0 amide bonds. The Morgan fingerprint density at radius 1 is 1.32 bits per heavy atom. The average molecular weight is 278 g/mol. The summed E-state index contributed by atoms with van der Waals surface area (Å²) in [6.07, 6.45) is 0. The molecule has 1 N–H and O–H groups in total. The van der Waals surface area contributed by atoms with Gasteiger partial charge in [-0.2, -0.15) is 0 Å². The molecule has 102 valence electrons. The monoisotopic (exact) mass is 278 g/mol. The third-order valence-electron chi connectivity index (χ3n) is 2.57. The number of methoxy groups -OCH3 is 1. The van der Waals surface area contributed by atoms with Crippen LogP contribution in [0.4, 0.5) is 5.69 Å². The van der Waals surface area contributed by atoms with E-state index < -0.39 is 0 Å². The van der Waals surface area contributed by atoms with Crippen LogP contribution in [0.3, 0.4) is 0 Å². The first-order valence-corrected chi connectivity index (χ1v) is 7.06. The summed E-state index contributed by atoms with van der Waals surface area (Å²) in [4.78, 5) is 4.42. The first-order valence-electron chi connectivity index (χ1n) is 6.18. The molecule has 0 spiro atoms. The summed E-state index contributed by atoms with van der Waals surface area (Å²) < 4.78 is 10.8. The number of benzene rings is 1. The fourth-order valence-corrected chi connectivity index (χ4v) is 2.43. The van der Waals surface area contributed by atoms with E-state index >= 15 is 0 Å². The molecule has 0 aliphatic carbocycles. The molecule has 0 radical (unpaired) electrons. The van der Waals surface area contributed by atoms with Crippen LogP contribution >= 0.6 is 11.3 Å². The van der Waals surface area contributed by atoms with E-state index in [2.05, 4.69) is 15.7 Å². The summed E-state index contributed by atoms with van der Waals surface area (Å²) in [6, 6.07) is 5.83. The molecule has 4 nitrogen and oxygen atoms in total. The second-order valence-corrected chi connectivity index (χ2v) is 4.98. The van der Waals surface area contributed by atoms with Gasteiger partial charge in [0.25, 0.3) is 0 Å². The molecule has 5 heteroatoms. The van der Waals surface area contributed by atoms with Crippen LogP contribution in [0.15, 0.2) is 23.6 Å². The van der Waals surface area contributed by atoms with Crippen molar-refractivity contribution in [2.75, 3.05) is 19.0 Å². The Kier molecular flexibility index (Phi) is 4.63. The van der Waals surface area contributed by atoms with Crippen molar-refractivity contribution in [1.29, 1.82) is 0 Å². The molecule has 2 aromatic rings. The highest BCUT2D eigenvalue weighted by molar-refractivity contribution is 7.09. The third kappa shape index (κ3) is 3.61. The lowest BCUT2D eigenvalue weighted by Crippen LogP contribution is -2.00. The molecular formula is C14H18N2O2S. The van der Waals surface area contributed by atoms with Gasteiger partial charge in [0.05, 0.1) is 20.3 Å². The molecule has 0 aliphatic heterocycles. The number of nitrogens with one attached hydrogen (secondary N) is 1. The van der Waals surface area contributed by atoms with Gasteiger partial charge in [0.2, 0.25) is 0 Å². The molecule has 2 rings (SSSR count). The quantitative estimate of drug-likeness (QED) is 0.878. The highest BCUT2D eigenvalue weighted by Crippen LogP contribution is 2.30. The summed E-state index contributed by atoms with van der Waals surface area (Å²) in [5.74, 6) is 1.50. The highest BCUT2D eigenvalue weighted by atomic mass is 32.1. The molecule has 0 unspecified atom stereocenters. The maximum Gasteiger partial charge on any atom is 0.162 e. The van der Waals surface area contributed by atoms with Crippen molar-refractivity contribution >= 4 is 17.0 Å². The number of aryl methyl sites for hydroxylation is 1. The van der Waals surface area contributed by atoms with Crippen LogP contribution in [0.25, 0.3) is 0 Å². The van der Waals surface area contributed by atoms with Gasteiger partial charge >= 0.3 is 0 Å². The zero-order chi connectivity index (χ0) is 13.7. The molecule has 0 atom stereocenters. The lowest BCUT2D eigenvalue weighted by Gasteiger charge is -2.11. The van der Waals surface area contributed by atoms with Crippen molar-refractivity contribution in [1.82, 2.24) is 4.98 Å². The normalized spacial score (nSPS) is 10.3. The largest absolute Gasteiger partial charge is 0.493 e. The predicted molar refractivity (Wildman–Crippen MR) is 78.3 cm³/mol. The molecule has 1 aromatic carbocycles. The van der Waals surface area contributed by atoms with Gasteiger partial charge in [-0.1, -0.05) is 0 Å². The zero-order valence-electron chi connectivity index (χ0n) is 11.4. The van der Waals surface area contributed by atoms with E-state index in [-0.39, 0.29) is 0 Å². The van der Waals surface area contributed by atoms with Crippen molar-refractivity contribution in [3.8, 4) is 11.5 Å². The van der Waals surface area contributed by atoms with Gasteiger partial charge in [-0.25, -0.2) is 4.98 Å². The Morgan fingerprint density at radius 2 is 2.16 bits per heavy atom. The van der Waals surface area contributed by atoms with E-state index in [0.29, 0.717) is 6.61 Å². The highest BCUT2D eigenvalue weighted by Gasteiger charge is 2.05. The van der Waals surface area contributed by atoms with Crippen LogP contribution in [-0.2, 0) is 6.54 Å². The van der Waals surface area contributed by atoms with Gasteiger partial charge < -0.3 is 14.8 Å². The number of rotatable bonds is 6. The molecule has 1 aromatic heterocycles. The Labute approximate surface area is 117 Å². The van der Waals surface area contributed by atoms with Crippen molar-refractivity contribution in [2.45, 2.75) is 20.4 Å². The van der Waals surface area contributed by atoms with Crippen LogP contribution < -0.4 is 14.8 Å². The summed E-state index contributed by atoms with van der Waals surface area (Å²) in [5, 5.41) is 6.46. The first-order chi connectivity index (χ1) is 9.22. The lowest BCUT2D eigenvalue weighted by molar-refractivity contribution is 0.311. The van der Waals surface area contributed by atoms with Gasteiger partial charge in [-0.3, -0.25) is 0 Å². The smallest absolute Gasteiger partial charge is 0.162 e. The maximum atomic E-state index is 5.49. The summed E-state index contributed by atoms with van der Waals surface area (Å²) in [7, 11) is 1.64. The summed E-state index contributed by atoms with van der Waals surface area (Å²) in [5.41, 5.74) is 2.05. The van der Waals surface area contributed by atoms with E-state index in [0.717, 1.165) is 34.4 Å². The van der Waals surface area contributed by atoms with E-state index in [1.54, 1.807) is 18.4 Å². The minimum absolute atomic E-state index is 0.627. The number of hydrogen-bond donors (Lipinski definition) is 1. The second kappa shape index (κ2) is 6.43. The summed E-state index contributed by atoms with van der Waals surface area (Å²) >= 11 is 1.66. The zero-order valence-corrected chi connectivity index (χ0v) is 12.2. The summed E-state index contributed by atoms with van der Waals surface area (Å²) in [6.45, 7) is 5.30. The SMILES string of the molecule is CCOc1ccc(NCc2nc(C)cs2)cc1OC. The standard InChI is InChI=1S/C14H18N2O2S/c1-4-18-12-6-5-11(7-13(12)17-3)15-8-14-16-10(2)9-19-14/h5-7,9,15H,4,8H2,1-3H3. The lowest BCUT2D eigenvalue weighted by atomic mass is 10.2. The average Bonchev–Trinajstić information content (AvgIpc) is 2.83. The Balaban J connectivity index is 2.04. The van der Waals surface area contributed by atoms with Crippen LogP contribution in [-0.4, -0.2) is 18.7 Å². The minimum atomic E-state index is 0.627. The molecule has 0 saturated carbocycles. The second-order valence-electron chi connectivity index (χ2n) is 4.03. The number of thiazole rings is 1. The van der Waals surface area contributed by atoms with Gasteiger partial charge in [0.15, 0.2) is 11.5 Å². The Bertz CT molecular complexity index is 540. The topological polar surface area (TPSA) is 43.4 Å². The fourth-order valence-electron chi connectivity index (χ4n) is 1.71. The minimum Gasteiger partial charge on any atom is -0.493 e. The molecule has 0 saturated heterocycles. The van der Waals surface area contributed by atoms with Gasteiger partial charge in [-0.15, -0.1) is 11.3 Å². The number of nitrogens with zero attached hydrogens (tertiary/aromatic N) is 1. The van der Waals surface area contributed by atoms with Crippen LogP contribution in [0.1, 0.15) is 17.6 Å².